The van der Waals surface area contributed by atoms with Gasteiger partial charge in [-0.3, -0.25) is 9.52 Å². The molecule has 0 radical (unpaired) electrons. The quantitative estimate of drug-likeness (QED) is 0.752. The Morgan fingerprint density at radius 3 is 2.76 bits per heavy atom. The zero-order chi connectivity index (χ0) is 18.2. The van der Waals surface area contributed by atoms with E-state index in [1.54, 1.807) is 6.07 Å². The number of aromatic nitrogens is 1. The molecule has 3 rings (SSSR count). The predicted octanol–water partition coefficient (Wildman–Crippen LogP) is 2.29. The van der Waals surface area contributed by atoms with E-state index in [2.05, 4.69) is 24.1 Å². The van der Waals surface area contributed by atoms with Gasteiger partial charge in [-0.25, -0.2) is 13.4 Å². The molecule has 3 N–H and O–H groups in total. The molecule has 1 aromatic heterocycles. The number of amides is 1. The molecule has 2 aromatic rings. The average Bonchev–Trinajstić information content (AvgIpc) is 2.79. The van der Waals surface area contributed by atoms with Gasteiger partial charge in [0.2, 0.25) is 15.9 Å². The fourth-order valence-corrected chi connectivity index (χ4v) is 4.28. The highest BCUT2D eigenvalue weighted by atomic mass is 32.2. The van der Waals surface area contributed by atoms with Gasteiger partial charge in [0.15, 0.2) is 0 Å². The summed E-state index contributed by atoms with van der Waals surface area (Å²) in [5.74, 6) is 0.545. The second-order valence-electron chi connectivity index (χ2n) is 6.67. The molecule has 1 aliphatic heterocycles. The maximum absolute atomic E-state index is 12.1. The molecule has 0 spiro atoms. The van der Waals surface area contributed by atoms with Crippen molar-refractivity contribution in [3.8, 4) is 5.75 Å². The minimum Gasteiger partial charge on any atom is -0.508 e. The van der Waals surface area contributed by atoms with Gasteiger partial charge < -0.3 is 10.4 Å². The predicted molar refractivity (Wildman–Crippen MR) is 95.8 cm³/mol. The molecule has 1 saturated heterocycles. The second-order valence-corrected chi connectivity index (χ2v) is 8.54. The van der Waals surface area contributed by atoms with Gasteiger partial charge in [-0.2, -0.15) is 0 Å². The van der Waals surface area contributed by atoms with Crippen LogP contribution < -0.4 is 10.0 Å². The maximum Gasteiger partial charge on any atom is 0.242 e. The van der Waals surface area contributed by atoms with Crippen LogP contribution in [0.15, 0.2) is 24.3 Å². The van der Waals surface area contributed by atoms with Gasteiger partial charge in [0.1, 0.15) is 16.8 Å². The molecule has 1 aromatic carbocycles. The van der Waals surface area contributed by atoms with E-state index < -0.39 is 21.2 Å². The number of sulfonamides is 1. The summed E-state index contributed by atoms with van der Waals surface area (Å²) in [7, 11) is -3.82. The smallest absolute Gasteiger partial charge is 0.242 e. The van der Waals surface area contributed by atoms with Crippen LogP contribution in [-0.2, 0) is 14.8 Å². The standard InChI is InChI=1S/C17H21N3O4S/c1-10(2)5-6-18-16-4-3-11-7-14(21)12(8-13(11)19-16)15-9-17(22)20-25(15,23)24/h3-4,7-8,10,15,21H,5-6,9H2,1-2H3,(H,18,19)(H,20,22). The zero-order valence-corrected chi connectivity index (χ0v) is 14.9. The minimum atomic E-state index is -3.82. The molecule has 1 amide bonds. The van der Waals surface area contributed by atoms with E-state index in [0.29, 0.717) is 22.6 Å². The van der Waals surface area contributed by atoms with Gasteiger partial charge in [0, 0.05) is 17.5 Å². The van der Waals surface area contributed by atoms with Gasteiger partial charge in [0.05, 0.1) is 11.9 Å². The first kappa shape index (κ1) is 17.5. The van der Waals surface area contributed by atoms with Crippen LogP contribution >= 0.6 is 0 Å². The number of nitrogens with zero attached hydrogens (tertiary/aromatic N) is 1. The van der Waals surface area contributed by atoms with Crippen LogP contribution in [-0.4, -0.2) is 31.0 Å². The average molecular weight is 363 g/mol. The minimum absolute atomic E-state index is 0.153. The number of hydrogen-bond donors (Lipinski definition) is 3. The van der Waals surface area contributed by atoms with Gasteiger partial charge in [-0.1, -0.05) is 13.8 Å². The summed E-state index contributed by atoms with van der Waals surface area (Å²) in [5, 5.41) is 13.1. The van der Waals surface area contributed by atoms with Crippen molar-refractivity contribution in [1.82, 2.24) is 9.71 Å². The number of carbonyl (C=O) groups is 1. The highest BCUT2D eigenvalue weighted by Crippen LogP contribution is 2.37. The van der Waals surface area contributed by atoms with Crippen molar-refractivity contribution in [2.45, 2.75) is 31.9 Å². The fourth-order valence-electron chi connectivity index (χ4n) is 2.85. The molecule has 1 fully saturated rings. The summed E-state index contributed by atoms with van der Waals surface area (Å²) in [5.41, 5.74) is 0.759. The third kappa shape index (κ3) is 3.68. The number of nitrogens with one attached hydrogen (secondary N) is 2. The highest BCUT2D eigenvalue weighted by molar-refractivity contribution is 7.90. The highest BCUT2D eigenvalue weighted by Gasteiger charge is 2.39. The summed E-state index contributed by atoms with van der Waals surface area (Å²) in [6.07, 6.45) is 0.808. The van der Waals surface area contributed by atoms with Crippen LogP contribution in [0.25, 0.3) is 10.9 Å². The SMILES string of the molecule is CC(C)CCNc1ccc2cc(O)c(C3CC(=O)NS3(=O)=O)cc2n1. The number of rotatable bonds is 5. The van der Waals surface area contributed by atoms with E-state index >= 15 is 0 Å². The largest absolute Gasteiger partial charge is 0.508 e. The molecule has 0 bridgehead atoms. The van der Waals surface area contributed by atoms with Gasteiger partial charge in [-0.15, -0.1) is 0 Å². The van der Waals surface area contributed by atoms with Crippen LogP contribution in [0.4, 0.5) is 5.82 Å². The van der Waals surface area contributed by atoms with Crippen molar-refractivity contribution in [3.05, 3.63) is 29.8 Å². The molecular formula is C17H21N3O4S. The van der Waals surface area contributed by atoms with Crippen LogP contribution in [0.3, 0.4) is 0 Å². The van der Waals surface area contributed by atoms with E-state index in [0.717, 1.165) is 13.0 Å². The summed E-state index contributed by atoms with van der Waals surface area (Å²) >= 11 is 0. The normalized spacial score (nSPS) is 19.3. The molecule has 0 aliphatic carbocycles. The van der Waals surface area contributed by atoms with E-state index in [4.69, 9.17) is 0 Å². The molecule has 8 heteroatoms. The number of pyridine rings is 1. The van der Waals surface area contributed by atoms with Crippen LogP contribution in [0, 0.1) is 5.92 Å². The van der Waals surface area contributed by atoms with Crippen LogP contribution in [0.1, 0.15) is 37.5 Å². The van der Waals surface area contributed by atoms with Crippen molar-refractivity contribution in [2.24, 2.45) is 5.92 Å². The number of phenols is 1. The number of benzene rings is 1. The third-order valence-electron chi connectivity index (χ3n) is 4.21. The van der Waals surface area contributed by atoms with Crippen molar-refractivity contribution in [3.63, 3.8) is 0 Å². The number of aromatic hydroxyl groups is 1. The van der Waals surface area contributed by atoms with Crippen molar-refractivity contribution >= 4 is 32.7 Å². The van der Waals surface area contributed by atoms with E-state index in [9.17, 15) is 18.3 Å². The number of fused-ring (bicyclic) bond motifs is 1. The molecule has 2 heterocycles. The Morgan fingerprint density at radius 1 is 1.36 bits per heavy atom. The Hall–Kier alpha value is -2.35. The topological polar surface area (TPSA) is 108 Å². The summed E-state index contributed by atoms with van der Waals surface area (Å²) in [6.45, 7) is 5.07. The van der Waals surface area contributed by atoms with Gasteiger partial charge >= 0.3 is 0 Å². The summed E-state index contributed by atoms with van der Waals surface area (Å²) < 4.78 is 26.1. The second kappa shape index (κ2) is 6.51. The number of anilines is 1. The monoisotopic (exact) mass is 363 g/mol. The fraction of sp³-hybridized carbons (Fsp3) is 0.412. The summed E-state index contributed by atoms with van der Waals surface area (Å²) in [4.78, 5) is 15.9. The Labute approximate surface area is 146 Å². The molecule has 0 saturated carbocycles. The third-order valence-corrected chi connectivity index (χ3v) is 5.90. The lowest BCUT2D eigenvalue weighted by Crippen LogP contribution is -2.21. The summed E-state index contributed by atoms with van der Waals surface area (Å²) in [6, 6.07) is 6.66. The molecule has 7 nitrogen and oxygen atoms in total. The van der Waals surface area contributed by atoms with E-state index in [1.807, 2.05) is 16.9 Å². The number of carbonyl (C=O) groups excluding carboxylic acids is 1. The maximum atomic E-state index is 12.1. The Morgan fingerprint density at radius 2 is 2.12 bits per heavy atom. The first-order valence-corrected chi connectivity index (χ1v) is 9.73. The van der Waals surface area contributed by atoms with E-state index in [-0.39, 0.29) is 17.7 Å². The van der Waals surface area contributed by atoms with Crippen LogP contribution in [0.2, 0.25) is 0 Å². The first-order chi connectivity index (χ1) is 11.8. The van der Waals surface area contributed by atoms with Crippen molar-refractivity contribution < 1.29 is 18.3 Å². The van der Waals surface area contributed by atoms with Gasteiger partial charge in [0.25, 0.3) is 0 Å². The van der Waals surface area contributed by atoms with Crippen molar-refractivity contribution in [2.75, 3.05) is 11.9 Å². The number of hydrogen-bond acceptors (Lipinski definition) is 6. The first-order valence-electron chi connectivity index (χ1n) is 8.18. The number of phenolic OH excluding ortho intramolecular Hbond substituents is 1. The molecule has 134 valence electrons. The lowest BCUT2D eigenvalue weighted by Gasteiger charge is -2.13. The van der Waals surface area contributed by atoms with Crippen LogP contribution in [0.5, 0.6) is 5.75 Å². The molecule has 1 atom stereocenters. The van der Waals surface area contributed by atoms with E-state index in [1.165, 1.54) is 6.07 Å². The lowest BCUT2D eigenvalue weighted by atomic mass is 10.0. The Balaban J connectivity index is 1.95. The van der Waals surface area contributed by atoms with Crippen molar-refractivity contribution in [1.29, 1.82) is 0 Å². The molecule has 1 aliphatic rings. The molecule has 1 unspecified atom stereocenters. The lowest BCUT2D eigenvalue weighted by molar-refractivity contribution is -0.118. The zero-order valence-electron chi connectivity index (χ0n) is 14.1. The van der Waals surface area contributed by atoms with Gasteiger partial charge in [-0.05, 0) is 36.6 Å². The molecule has 25 heavy (non-hydrogen) atoms. The Kier molecular flexibility index (Phi) is 4.55. The molecular weight excluding hydrogens is 342 g/mol. The Bertz CT molecular complexity index is 925.